The second-order valence-corrected chi connectivity index (χ2v) is 6.37. The van der Waals surface area contributed by atoms with Crippen molar-refractivity contribution in [2.75, 3.05) is 4.72 Å². The summed E-state index contributed by atoms with van der Waals surface area (Å²) in [7, 11) is -3.89. The van der Waals surface area contributed by atoms with Crippen LogP contribution in [0.2, 0.25) is 10.2 Å². The van der Waals surface area contributed by atoms with Crippen LogP contribution in [0.1, 0.15) is 0 Å². The minimum absolute atomic E-state index is 0.0371. The van der Waals surface area contributed by atoms with E-state index in [1.165, 1.54) is 6.20 Å². The average Bonchev–Trinajstić information content (AvgIpc) is 2.88. The van der Waals surface area contributed by atoms with Crippen molar-refractivity contribution in [2.24, 2.45) is 0 Å². The predicted octanol–water partition coefficient (Wildman–Crippen LogP) is 2.46. The van der Waals surface area contributed by atoms with Crippen molar-refractivity contribution in [1.29, 1.82) is 0 Å². The van der Waals surface area contributed by atoms with Gasteiger partial charge in [-0.15, -0.1) is 0 Å². The van der Waals surface area contributed by atoms with E-state index >= 15 is 0 Å². The number of hydrogen-bond acceptors (Lipinski definition) is 5. The van der Waals surface area contributed by atoms with Crippen LogP contribution in [-0.4, -0.2) is 28.4 Å². The minimum atomic E-state index is -3.89. The molecule has 0 saturated carbocycles. The molecule has 3 heterocycles. The summed E-state index contributed by atoms with van der Waals surface area (Å²) in [6, 6.07) is 3.28. The van der Waals surface area contributed by atoms with Gasteiger partial charge in [0.25, 0.3) is 10.0 Å². The van der Waals surface area contributed by atoms with Crippen molar-refractivity contribution >= 4 is 50.1 Å². The van der Waals surface area contributed by atoms with Crippen LogP contribution in [0.4, 0.5) is 5.82 Å². The minimum Gasteiger partial charge on any atom is -0.345 e. The molecule has 2 N–H and O–H groups in total. The first kappa shape index (κ1) is 14.1. The topological polar surface area (TPSA) is 101 Å². The highest BCUT2D eigenvalue weighted by Gasteiger charge is 2.21. The van der Waals surface area contributed by atoms with Gasteiger partial charge in [-0.2, -0.15) is 0 Å². The smallest absolute Gasteiger partial charge is 0.265 e. The summed E-state index contributed by atoms with van der Waals surface area (Å²) in [5.41, 5.74) is 0.463. The molecule has 7 nitrogen and oxygen atoms in total. The molecule has 0 aliphatic carbocycles. The van der Waals surface area contributed by atoms with E-state index in [0.29, 0.717) is 11.0 Å². The summed E-state index contributed by atoms with van der Waals surface area (Å²) in [6.07, 6.45) is 4.02. The van der Waals surface area contributed by atoms with Crippen molar-refractivity contribution in [1.82, 2.24) is 19.9 Å². The van der Waals surface area contributed by atoms with Crippen LogP contribution in [0.5, 0.6) is 0 Å². The van der Waals surface area contributed by atoms with Gasteiger partial charge in [0, 0.05) is 17.8 Å². The lowest BCUT2D eigenvalue weighted by Crippen LogP contribution is -2.14. The van der Waals surface area contributed by atoms with Gasteiger partial charge >= 0.3 is 0 Å². The average molecular weight is 344 g/mol. The highest BCUT2D eigenvalue weighted by Crippen LogP contribution is 2.29. The van der Waals surface area contributed by atoms with Gasteiger partial charge in [-0.05, 0) is 12.1 Å². The number of H-pyrrole nitrogens is 1. The van der Waals surface area contributed by atoms with Crippen LogP contribution in [0.15, 0.2) is 35.7 Å². The molecule has 0 bridgehead atoms. The molecule has 0 spiro atoms. The molecule has 0 aromatic carbocycles. The lowest BCUT2D eigenvalue weighted by molar-refractivity contribution is 0.602. The number of fused-ring (bicyclic) bond motifs is 1. The molecule has 3 aromatic heterocycles. The fourth-order valence-corrected chi connectivity index (χ4v) is 3.28. The highest BCUT2D eigenvalue weighted by molar-refractivity contribution is 7.93. The van der Waals surface area contributed by atoms with E-state index in [1.54, 1.807) is 18.3 Å². The van der Waals surface area contributed by atoms with E-state index in [2.05, 4.69) is 24.7 Å². The third-order valence-electron chi connectivity index (χ3n) is 2.68. The Bertz CT molecular complexity index is 925. The Balaban J connectivity index is 2.07. The van der Waals surface area contributed by atoms with E-state index in [-0.39, 0.29) is 20.9 Å². The van der Waals surface area contributed by atoms with E-state index in [9.17, 15) is 8.42 Å². The number of nitrogens with zero attached hydrogens (tertiary/aromatic N) is 3. The number of aromatic nitrogens is 4. The van der Waals surface area contributed by atoms with Crippen molar-refractivity contribution in [3.63, 3.8) is 0 Å². The molecule has 0 atom stereocenters. The maximum atomic E-state index is 12.4. The summed E-state index contributed by atoms with van der Waals surface area (Å²) < 4.78 is 27.1. The molecule has 0 fully saturated rings. The van der Waals surface area contributed by atoms with E-state index in [1.807, 2.05) is 0 Å². The molecule has 0 saturated heterocycles. The highest BCUT2D eigenvalue weighted by atomic mass is 35.5. The molecule has 0 amide bonds. The van der Waals surface area contributed by atoms with Crippen LogP contribution in [0, 0.1) is 0 Å². The van der Waals surface area contributed by atoms with Crippen molar-refractivity contribution < 1.29 is 8.42 Å². The summed E-state index contributed by atoms with van der Waals surface area (Å²) >= 11 is 11.6. The second-order valence-electron chi connectivity index (χ2n) is 3.99. The lowest BCUT2D eigenvalue weighted by atomic mass is 10.3. The first-order valence-electron chi connectivity index (χ1n) is 5.60. The molecule has 3 rings (SSSR count). The van der Waals surface area contributed by atoms with Gasteiger partial charge in [-0.3, -0.25) is 4.72 Å². The number of sulfonamides is 1. The third-order valence-corrected chi connectivity index (χ3v) is 4.80. The monoisotopic (exact) mass is 343 g/mol. The number of rotatable bonds is 3. The normalized spacial score (nSPS) is 11.7. The number of halogens is 2. The van der Waals surface area contributed by atoms with E-state index in [4.69, 9.17) is 23.2 Å². The summed E-state index contributed by atoms with van der Waals surface area (Å²) in [5.74, 6) is -0.0880. The summed E-state index contributed by atoms with van der Waals surface area (Å²) in [5, 5.41) is 0.354. The standard InChI is InChI=1S/C11H7Cl2N5O2S/c12-8-9(13)16-5-17-11(8)18-21(19,20)7-4-15-10-6(7)2-1-3-14-10/h1-5H,(H,14,15)(H,16,17,18). The molecular weight excluding hydrogens is 337 g/mol. The van der Waals surface area contributed by atoms with Gasteiger partial charge in [0.2, 0.25) is 0 Å². The summed E-state index contributed by atoms with van der Waals surface area (Å²) in [6.45, 7) is 0. The molecule has 3 aromatic rings. The van der Waals surface area contributed by atoms with Crippen LogP contribution in [0.3, 0.4) is 0 Å². The maximum absolute atomic E-state index is 12.4. The van der Waals surface area contributed by atoms with Crippen molar-refractivity contribution in [2.45, 2.75) is 4.90 Å². The first-order valence-corrected chi connectivity index (χ1v) is 7.84. The third kappa shape index (κ3) is 2.53. The van der Waals surface area contributed by atoms with Crippen molar-refractivity contribution in [3.05, 3.63) is 41.0 Å². The Kier molecular flexibility index (Phi) is 3.44. The van der Waals surface area contributed by atoms with Gasteiger partial charge in [0.1, 0.15) is 21.9 Å². The Morgan fingerprint density at radius 3 is 2.81 bits per heavy atom. The Hall–Kier alpha value is -1.90. The fourth-order valence-electron chi connectivity index (χ4n) is 1.75. The van der Waals surface area contributed by atoms with E-state index < -0.39 is 10.0 Å². The van der Waals surface area contributed by atoms with Crippen LogP contribution < -0.4 is 4.72 Å². The second kappa shape index (κ2) is 5.14. The Labute approximate surface area is 129 Å². The Morgan fingerprint density at radius 2 is 2.00 bits per heavy atom. The molecule has 0 aliphatic heterocycles. The van der Waals surface area contributed by atoms with Gasteiger partial charge in [0.15, 0.2) is 11.0 Å². The van der Waals surface area contributed by atoms with Gasteiger partial charge < -0.3 is 4.98 Å². The SMILES string of the molecule is O=S(=O)(Nc1ncnc(Cl)c1Cl)c1c[nH]c2ncccc12. The lowest BCUT2D eigenvalue weighted by Gasteiger charge is -2.07. The zero-order valence-electron chi connectivity index (χ0n) is 10.2. The van der Waals surface area contributed by atoms with Crippen LogP contribution in [-0.2, 0) is 10.0 Å². The van der Waals surface area contributed by atoms with Crippen molar-refractivity contribution in [3.8, 4) is 0 Å². The maximum Gasteiger partial charge on any atom is 0.265 e. The fraction of sp³-hybridized carbons (Fsp3) is 0. The van der Waals surface area contributed by atoms with Gasteiger partial charge in [0.05, 0.1) is 0 Å². The zero-order chi connectivity index (χ0) is 15.0. The predicted molar refractivity (Wildman–Crippen MR) is 79.0 cm³/mol. The Morgan fingerprint density at radius 1 is 1.19 bits per heavy atom. The van der Waals surface area contributed by atoms with Crippen LogP contribution >= 0.6 is 23.2 Å². The number of aromatic amines is 1. The largest absolute Gasteiger partial charge is 0.345 e. The van der Waals surface area contributed by atoms with Gasteiger partial charge in [-0.25, -0.2) is 23.4 Å². The number of anilines is 1. The van der Waals surface area contributed by atoms with Gasteiger partial charge in [-0.1, -0.05) is 23.2 Å². The molecule has 10 heteroatoms. The molecule has 0 unspecified atom stereocenters. The van der Waals surface area contributed by atoms with E-state index in [0.717, 1.165) is 6.33 Å². The number of pyridine rings is 1. The number of nitrogens with one attached hydrogen (secondary N) is 2. The van der Waals surface area contributed by atoms with Crippen LogP contribution in [0.25, 0.3) is 11.0 Å². The number of hydrogen-bond donors (Lipinski definition) is 2. The molecule has 21 heavy (non-hydrogen) atoms. The first-order chi connectivity index (χ1) is 9.99. The molecule has 0 radical (unpaired) electrons. The zero-order valence-corrected chi connectivity index (χ0v) is 12.5. The quantitative estimate of drug-likeness (QED) is 0.711. The summed E-state index contributed by atoms with van der Waals surface area (Å²) in [4.78, 5) is 14.3. The molecular formula is C11H7Cl2N5O2S. The molecule has 108 valence electrons. The molecule has 0 aliphatic rings.